The van der Waals surface area contributed by atoms with Crippen molar-refractivity contribution < 1.29 is 37.0 Å². The van der Waals surface area contributed by atoms with Crippen LogP contribution >= 0.6 is 0 Å². The molecule has 1 atom stereocenters. The molecule has 0 saturated carbocycles. The molecule has 4 nitrogen and oxygen atoms in total. The average Bonchev–Trinajstić information content (AvgIpc) is 0.722. The van der Waals surface area contributed by atoms with Crippen LogP contribution in [0.3, 0.4) is 0 Å². The summed E-state index contributed by atoms with van der Waals surface area (Å²) in [4.78, 5) is 0. The molecule has 0 aliphatic rings. The molecule has 0 amide bonds. The molecule has 0 saturated heterocycles. The van der Waals surface area contributed by atoms with Crippen molar-refractivity contribution >= 4 is 28.4 Å². The maximum absolute atomic E-state index is 8.74. The third-order valence-corrected chi connectivity index (χ3v) is 0. The van der Waals surface area contributed by atoms with Gasteiger partial charge in [0.25, 0.3) is 0 Å². The SMILES string of the molecule is O=S(=O)(O)O.[AsH3].[Zn]. The van der Waals surface area contributed by atoms with E-state index >= 15 is 0 Å². The zero-order valence-corrected chi connectivity index (χ0v) is 10.3. The van der Waals surface area contributed by atoms with Gasteiger partial charge < -0.3 is 0 Å². The van der Waals surface area contributed by atoms with E-state index in [0.29, 0.717) is 0 Å². The zero-order valence-electron chi connectivity index (χ0n) is 3.53. The van der Waals surface area contributed by atoms with E-state index in [9.17, 15) is 0 Å². The van der Waals surface area contributed by atoms with Crippen LogP contribution in [0, 0.1) is 0 Å². The van der Waals surface area contributed by atoms with Crippen molar-refractivity contribution in [2.24, 2.45) is 0 Å². The van der Waals surface area contributed by atoms with Gasteiger partial charge in [0.05, 0.1) is 0 Å². The second-order valence-corrected chi connectivity index (χ2v) is 1.34. The van der Waals surface area contributed by atoms with Gasteiger partial charge in [0, 0.05) is 19.5 Å². The van der Waals surface area contributed by atoms with Crippen molar-refractivity contribution in [1.82, 2.24) is 0 Å². The molecular weight excluding hydrogens is 236 g/mol. The average molecular weight is 241 g/mol. The standard InChI is InChI=1S/AsH3.H2O4S.Zn/c;1-5(2,3)4;/h1H3;(H2,1,2,3,4);. The summed E-state index contributed by atoms with van der Waals surface area (Å²) in [5, 5.41) is 0. The molecular formula is H5AsO4SZn. The summed E-state index contributed by atoms with van der Waals surface area (Å²) >= 11 is 0. The second-order valence-electron chi connectivity index (χ2n) is 0.448. The van der Waals surface area contributed by atoms with Crippen LogP contribution in [0.2, 0.25) is 0 Å². The smallest absolute Gasteiger partial charge is 0 e. The minimum Gasteiger partial charge on any atom is 0 e. The molecule has 0 aromatic rings. The van der Waals surface area contributed by atoms with Gasteiger partial charge >= 0.3 is 28.4 Å². The van der Waals surface area contributed by atoms with E-state index in [0.717, 1.165) is 0 Å². The first kappa shape index (κ1) is 15.7. The van der Waals surface area contributed by atoms with Crippen LogP contribution in [-0.4, -0.2) is 35.5 Å². The van der Waals surface area contributed by atoms with Crippen molar-refractivity contribution in [3.05, 3.63) is 0 Å². The number of hydrogen-bond donors (Lipinski definition) is 2. The molecule has 0 aliphatic carbocycles. The Labute approximate surface area is 65.3 Å². The predicted molar refractivity (Wildman–Crippen MR) is 24.1 cm³/mol. The van der Waals surface area contributed by atoms with Gasteiger partial charge in [0.15, 0.2) is 0 Å². The van der Waals surface area contributed by atoms with Crippen LogP contribution in [0.15, 0.2) is 0 Å². The first-order valence-electron chi connectivity index (χ1n) is 0.698. The van der Waals surface area contributed by atoms with Crippen molar-refractivity contribution in [3.63, 3.8) is 0 Å². The van der Waals surface area contributed by atoms with Gasteiger partial charge in [-0.3, -0.25) is 9.11 Å². The third kappa shape index (κ3) is 163. The van der Waals surface area contributed by atoms with Gasteiger partial charge in [-0.05, 0) is 0 Å². The van der Waals surface area contributed by atoms with Crippen LogP contribution < -0.4 is 0 Å². The first-order chi connectivity index (χ1) is 2.00. The van der Waals surface area contributed by atoms with E-state index in [1.54, 1.807) is 0 Å². The van der Waals surface area contributed by atoms with Crippen LogP contribution in [0.5, 0.6) is 0 Å². The van der Waals surface area contributed by atoms with Crippen molar-refractivity contribution in [3.8, 4) is 0 Å². The van der Waals surface area contributed by atoms with Crippen LogP contribution in [0.1, 0.15) is 0 Å². The summed E-state index contributed by atoms with van der Waals surface area (Å²) in [7, 11) is -4.67. The molecule has 2 N–H and O–H groups in total. The molecule has 0 heterocycles. The van der Waals surface area contributed by atoms with Crippen LogP contribution in [0.25, 0.3) is 0 Å². The fraction of sp³-hybridized carbons (Fsp3) is 0. The summed E-state index contributed by atoms with van der Waals surface area (Å²) in [5.41, 5.74) is 0. The molecule has 7 heteroatoms. The quantitative estimate of drug-likeness (QED) is 0.386. The minimum atomic E-state index is -4.67. The minimum absolute atomic E-state index is 0. The summed E-state index contributed by atoms with van der Waals surface area (Å²) in [5.74, 6) is 0. The van der Waals surface area contributed by atoms with Crippen LogP contribution in [-0.2, 0) is 29.9 Å². The van der Waals surface area contributed by atoms with Crippen LogP contribution in [0.4, 0.5) is 0 Å². The van der Waals surface area contributed by atoms with Gasteiger partial charge in [-0.2, -0.15) is 8.42 Å². The van der Waals surface area contributed by atoms with Crippen molar-refractivity contribution in [2.75, 3.05) is 0 Å². The third-order valence-electron chi connectivity index (χ3n) is 0. The molecule has 42 valence electrons. The first-order valence-corrected chi connectivity index (χ1v) is 2.10. The van der Waals surface area contributed by atoms with E-state index in [1.807, 2.05) is 0 Å². The Morgan fingerprint density at radius 1 is 1.14 bits per heavy atom. The molecule has 0 bridgehead atoms. The zero-order chi connectivity index (χ0) is 4.50. The van der Waals surface area contributed by atoms with Crippen molar-refractivity contribution in [1.29, 1.82) is 0 Å². The molecule has 0 radical (unpaired) electrons. The molecule has 0 aliphatic heterocycles. The number of rotatable bonds is 0. The van der Waals surface area contributed by atoms with Gasteiger partial charge in [-0.25, -0.2) is 0 Å². The molecule has 0 spiro atoms. The number of hydrogen-bond acceptors (Lipinski definition) is 2. The fourth-order valence-corrected chi connectivity index (χ4v) is 0. The van der Waals surface area contributed by atoms with Crippen molar-refractivity contribution in [2.45, 2.75) is 0 Å². The Morgan fingerprint density at radius 2 is 1.14 bits per heavy atom. The molecule has 0 rings (SSSR count). The second kappa shape index (κ2) is 5.19. The Morgan fingerprint density at radius 3 is 1.14 bits per heavy atom. The Balaban J connectivity index is -0.0000000800. The molecule has 0 aromatic heterocycles. The van der Waals surface area contributed by atoms with E-state index in [4.69, 9.17) is 17.5 Å². The maximum Gasteiger partial charge on any atom is 0 e. The van der Waals surface area contributed by atoms with Gasteiger partial charge in [-0.1, -0.05) is 0 Å². The van der Waals surface area contributed by atoms with Gasteiger partial charge in [-0.15, -0.1) is 0 Å². The van der Waals surface area contributed by atoms with E-state index in [1.165, 1.54) is 0 Å². The van der Waals surface area contributed by atoms with E-state index < -0.39 is 10.4 Å². The fourth-order valence-electron chi connectivity index (χ4n) is 0. The summed E-state index contributed by atoms with van der Waals surface area (Å²) in [6, 6.07) is 0. The topological polar surface area (TPSA) is 74.6 Å². The molecule has 7 heavy (non-hydrogen) atoms. The largest absolute Gasteiger partial charge is 0 e. The summed E-state index contributed by atoms with van der Waals surface area (Å²) < 4.78 is 31.6. The Bertz CT molecular complexity index is 94.9. The molecule has 1 unspecified atom stereocenters. The predicted octanol–water partition coefficient (Wildman–Crippen LogP) is -1.84. The Hall–Kier alpha value is 1.05. The molecule has 0 aromatic carbocycles. The monoisotopic (exact) mass is 240 g/mol. The van der Waals surface area contributed by atoms with E-state index in [2.05, 4.69) is 0 Å². The summed E-state index contributed by atoms with van der Waals surface area (Å²) in [6.07, 6.45) is 0. The Kier molecular flexibility index (Phi) is 11.6. The van der Waals surface area contributed by atoms with Gasteiger partial charge in [0.2, 0.25) is 0 Å². The van der Waals surface area contributed by atoms with Gasteiger partial charge in [0.1, 0.15) is 0 Å². The maximum atomic E-state index is 8.74. The summed E-state index contributed by atoms with van der Waals surface area (Å²) in [6.45, 7) is 0. The normalized spacial score (nSPS) is 8.29. The van der Waals surface area contributed by atoms with E-state index in [-0.39, 0.29) is 37.4 Å². The molecule has 0 fully saturated rings.